The summed E-state index contributed by atoms with van der Waals surface area (Å²) in [6.45, 7) is 0. The van der Waals surface area contributed by atoms with Crippen LogP contribution in [0.4, 0.5) is 0 Å². The summed E-state index contributed by atoms with van der Waals surface area (Å²) in [6, 6.07) is 10.6. The van der Waals surface area contributed by atoms with Crippen molar-refractivity contribution in [1.29, 1.82) is 0 Å². The third-order valence-electron chi connectivity index (χ3n) is 2.98. The van der Waals surface area contributed by atoms with Crippen LogP contribution in [0.5, 0.6) is 0 Å². The molecule has 1 aliphatic rings. The molecule has 1 aromatic carbocycles. The van der Waals surface area contributed by atoms with Crippen molar-refractivity contribution in [1.82, 2.24) is 0 Å². The molecule has 0 nitrogen and oxygen atoms in total. The number of hydrogen-bond donors (Lipinski definition) is 0. The van der Waals surface area contributed by atoms with E-state index < -0.39 is 0 Å². The van der Waals surface area contributed by atoms with Gasteiger partial charge in [-0.25, -0.2) is 0 Å². The first-order valence-electron chi connectivity index (χ1n) is 6.57. The van der Waals surface area contributed by atoms with Gasteiger partial charge in [0.15, 0.2) is 0 Å². The van der Waals surface area contributed by atoms with Crippen LogP contribution in [0, 0.1) is 0 Å². The number of hydrogen-bond acceptors (Lipinski definition) is 0. The lowest BCUT2D eigenvalue weighted by Crippen LogP contribution is -2.02. The van der Waals surface area contributed by atoms with Gasteiger partial charge in [-0.3, -0.25) is 0 Å². The Balaban J connectivity index is 0.000000181. The van der Waals surface area contributed by atoms with Gasteiger partial charge in [0.05, 0.1) is 0 Å². The van der Waals surface area contributed by atoms with Gasteiger partial charge in [-0.05, 0) is 35.7 Å². The van der Waals surface area contributed by atoms with Crippen molar-refractivity contribution in [2.24, 2.45) is 0 Å². The maximum Gasteiger partial charge on any atom is 0.0110 e. The minimum atomic E-state index is 1.01. The van der Waals surface area contributed by atoms with Gasteiger partial charge in [0.2, 0.25) is 0 Å². The Morgan fingerprint density at radius 3 is 2.12 bits per heavy atom. The third kappa shape index (κ3) is 8.41. The molecule has 0 aromatic heterocycles. The lowest BCUT2D eigenvalue weighted by atomic mass is 10.0. The van der Waals surface area contributed by atoms with E-state index in [0.717, 1.165) is 3.92 Å². The van der Waals surface area contributed by atoms with Crippen LogP contribution < -0.4 is 0 Å². The molecule has 0 unspecified atom stereocenters. The number of halogens is 2. The van der Waals surface area contributed by atoms with Gasteiger partial charge in [0, 0.05) is 3.92 Å². The zero-order chi connectivity index (χ0) is 12.3. The highest BCUT2D eigenvalue weighted by molar-refractivity contribution is 14.1. The summed E-state index contributed by atoms with van der Waals surface area (Å²) in [4.78, 5) is 0. The van der Waals surface area contributed by atoms with Crippen LogP contribution in [-0.4, -0.2) is 8.35 Å². The largest absolute Gasteiger partial charge is 0.0864 e. The molecule has 0 saturated heterocycles. The molecular formula is C15H22I2. The quantitative estimate of drug-likeness (QED) is 0.398. The maximum atomic E-state index is 2.56. The second-order valence-corrected chi connectivity index (χ2v) is 7.35. The van der Waals surface area contributed by atoms with E-state index in [1.165, 1.54) is 54.9 Å². The summed E-state index contributed by atoms with van der Waals surface area (Å²) in [7, 11) is 0. The number of alkyl halides is 2. The molecule has 0 amide bonds. The molecule has 0 bridgehead atoms. The lowest BCUT2D eigenvalue weighted by molar-refractivity contribution is 0.528. The van der Waals surface area contributed by atoms with Crippen molar-refractivity contribution in [3.05, 3.63) is 35.9 Å². The highest BCUT2D eigenvalue weighted by Crippen LogP contribution is 2.23. The monoisotopic (exact) mass is 456 g/mol. The zero-order valence-corrected chi connectivity index (χ0v) is 14.7. The van der Waals surface area contributed by atoms with Crippen molar-refractivity contribution < 1.29 is 0 Å². The van der Waals surface area contributed by atoms with Crippen molar-refractivity contribution in [3.8, 4) is 0 Å². The first-order valence-corrected chi connectivity index (χ1v) is 9.34. The molecule has 96 valence electrons. The fourth-order valence-electron chi connectivity index (χ4n) is 1.97. The van der Waals surface area contributed by atoms with Gasteiger partial charge in [-0.2, -0.15) is 0 Å². The van der Waals surface area contributed by atoms with Gasteiger partial charge in [0.1, 0.15) is 0 Å². The minimum Gasteiger partial charge on any atom is -0.0864 e. The highest BCUT2D eigenvalue weighted by atomic mass is 127. The third-order valence-corrected chi connectivity index (χ3v) is 4.99. The number of rotatable bonds is 3. The van der Waals surface area contributed by atoms with Gasteiger partial charge in [-0.1, -0.05) is 94.8 Å². The molecule has 0 atom stereocenters. The fourth-order valence-corrected chi connectivity index (χ4v) is 3.23. The second-order valence-electron chi connectivity index (χ2n) is 4.51. The van der Waals surface area contributed by atoms with Gasteiger partial charge < -0.3 is 0 Å². The van der Waals surface area contributed by atoms with E-state index in [-0.39, 0.29) is 0 Å². The molecule has 2 rings (SSSR count). The van der Waals surface area contributed by atoms with Crippen molar-refractivity contribution in [3.63, 3.8) is 0 Å². The average molecular weight is 456 g/mol. The van der Waals surface area contributed by atoms with Gasteiger partial charge in [-0.15, -0.1) is 0 Å². The molecule has 0 spiro atoms. The van der Waals surface area contributed by atoms with E-state index >= 15 is 0 Å². The molecule has 1 saturated carbocycles. The van der Waals surface area contributed by atoms with Crippen LogP contribution in [0.25, 0.3) is 0 Å². The topological polar surface area (TPSA) is 0 Å². The molecule has 0 heterocycles. The predicted molar refractivity (Wildman–Crippen MR) is 94.5 cm³/mol. The Morgan fingerprint density at radius 1 is 1.00 bits per heavy atom. The first kappa shape index (κ1) is 15.7. The molecule has 0 aliphatic heterocycles. The minimum absolute atomic E-state index is 1.01. The second kappa shape index (κ2) is 10.6. The summed E-state index contributed by atoms with van der Waals surface area (Å²) in [5.41, 5.74) is 1.46. The van der Waals surface area contributed by atoms with Crippen molar-refractivity contribution in [2.45, 2.75) is 48.9 Å². The molecule has 1 aromatic rings. The van der Waals surface area contributed by atoms with E-state index in [0.29, 0.717) is 0 Å². The lowest BCUT2D eigenvalue weighted by Gasteiger charge is -2.13. The van der Waals surface area contributed by atoms with Crippen LogP contribution in [0.2, 0.25) is 0 Å². The summed E-state index contributed by atoms with van der Waals surface area (Å²) in [5, 5.41) is 0. The Hall–Kier alpha value is 0.680. The average Bonchev–Trinajstić information content (AvgIpc) is 2.39. The van der Waals surface area contributed by atoms with E-state index in [2.05, 4.69) is 75.5 Å². The molecule has 1 fully saturated rings. The molecule has 1 aliphatic carbocycles. The zero-order valence-electron chi connectivity index (χ0n) is 10.4. The summed E-state index contributed by atoms with van der Waals surface area (Å²) in [6.07, 6.45) is 9.91. The van der Waals surface area contributed by atoms with Crippen molar-refractivity contribution in [2.75, 3.05) is 4.43 Å². The van der Waals surface area contributed by atoms with Gasteiger partial charge in [0.25, 0.3) is 0 Å². The van der Waals surface area contributed by atoms with Crippen LogP contribution in [0.3, 0.4) is 0 Å². The van der Waals surface area contributed by atoms with E-state index in [1.54, 1.807) is 0 Å². The van der Waals surface area contributed by atoms with E-state index in [9.17, 15) is 0 Å². The maximum absolute atomic E-state index is 2.56. The molecule has 0 N–H and O–H groups in total. The highest BCUT2D eigenvalue weighted by Gasteiger charge is 2.07. The van der Waals surface area contributed by atoms with Crippen LogP contribution in [0.15, 0.2) is 30.3 Å². The normalized spacial score (nSPS) is 16.1. The standard InChI is InChI=1S/C9H11I.C6H11I/c10-8-4-7-9-5-2-1-3-6-9;7-6-4-2-1-3-5-6/h1-3,5-6H,4,7-8H2;6H,1-5H2. The summed E-state index contributed by atoms with van der Waals surface area (Å²) >= 11 is 4.97. The van der Waals surface area contributed by atoms with Crippen LogP contribution in [0.1, 0.15) is 44.1 Å². The fraction of sp³-hybridized carbons (Fsp3) is 0.600. The Bertz CT molecular complexity index is 266. The Morgan fingerprint density at radius 2 is 1.65 bits per heavy atom. The molecule has 17 heavy (non-hydrogen) atoms. The molecule has 2 heteroatoms. The SMILES string of the molecule is IC1CCCCC1.ICCCc1ccccc1. The summed E-state index contributed by atoms with van der Waals surface area (Å²) < 4.78 is 2.26. The molecular weight excluding hydrogens is 434 g/mol. The Kier molecular flexibility index (Phi) is 9.80. The van der Waals surface area contributed by atoms with Crippen molar-refractivity contribution >= 4 is 45.2 Å². The smallest absolute Gasteiger partial charge is 0.0110 e. The molecule has 0 radical (unpaired) electrons. The first-order chi connectivity index (χ1) is 8.33. The van der Waals surface area contributed by atoms with Crippen LogP contribution >= 0.6 is 45.2 Å². The predicted octanol–water partition coefficient (Wildman–Crippen LogP) is 5.81. The number of aryl methyl sites for hydroxylation is 1. The van der Waals surface area contributed by atoms with Crippen LogP contribution in [-0.2, 0) is 6.42 Å². The van der Waals surface area contributed by atoms with E-state index in [1.807, 2.05) is 0 Å². The Labute approximate surface area is 133 Å². The van der Waals surface area contributed by atoms with E-state index in [4.69, 9.17) is 0 Å². The van der Waals surface area contributed by atoms with Gasteiger partial charge >= 0.3 is 0 Å². The number of benzene rings is 1. The summed E-state index contributed by atoms with van der Waals surface area (Å²) in [5.74, 6) is 0.